The van der Waals surface area contributed by atoms with Gasteiger partial charge in [-0.2, -0.15) is 11.3 Å². The van der Waals surface area contributed by atoms with Crippen LogP contribution in [0.4, 0.5) is 0 Å². The average molecular weight is 326 g/mol. The Balaban J connectivity index is 2.08. The summed E-state index contributed by atoms with van der Waals surface area (Å²) >= 11 is 4.89. The minimum Gasteiger partial charge on any atom is -0.507 e. The fraction of sp³-hybridized carbons (Fsp3) is 0.154. The molecular weight excluding hydrogens is 314 g/mol. The highest BCUT2D eigenvalue weighted by atomic mass is 79.9. The molecule has 1 aromatic carbocycles. The Morgan fingerprint density at radius 2 is 2.22 bits per heavy atom. The Morgan fingerprint density at radius 3 is 2.89 bits per heavy atom. The number of aromatic hydroxyl groups is 1. The van der Waals surface area contributed by atoms with Gasteiger partial charge in [0.15, 0.2) is 0 Å². The molecule has 18 heavy (non-hydrogen) atoms. The number of benzene rings is 1. The van der Waals surface area contributed by atoms with Crippen molar-refractivity contribution in [1.82, 2.24) is 5.32 Å². The topological polar surface area (TPSA) is 49.3 Å². The summed E-state index contributed by atoms with van der Waals surface area (Å²) < 4.78 is 0.761. The largest absolute Gasteiger partial charge is 0.507 e. The van der Waals surface area contributed by atoms with E-state index in [4.69, 9.17) is 0 Å². The second-order valence-electron chi connectivity index (χ2n) is 3.92. The second kappa shape index (κ2) is 5.54. The van der Waals surface area contributed by atoms with Gasteiger partial charge in [0.2, 0.25) is 0 Å². The van der Waals surface area contributed by atoms with Gasteiger partial charge in [-0.1, -0.05) is 15.9 Å². The van der Waals surface area contributed by atoms with Gasteiger partial charge in [-0.25, -0.2) is 0 Å². The molecular formula is C13H12BrNO2S. The molecule has 0 aliphatic rings. The van der Waals surface area contributed by atoms with E-state index in [1.54, 1.807) is 23.5 Å². The fourth-order valence-electron chi connectivity index (χ4n) is 1.53. The van der Waals surface area contributed by atoms with Crippen LogP contribution in [0, 0.1) is 6.92 Å². The highest BCUT2D eigenvalue weighted by Crippen LogP contribution is 2.22. The maximum atomic E-state index is 11.9. The van der Waals surface area contributed by atoms with Gasteiger partial charge in [-0.05, 0) is 47.0 Å². The molecule has 0 radical (unpaired) electrons. The Kier molecular flexibility index (Phi) is 4.04. The zero-order valence-electron chi connectivity index (χ0n) is 9.74. The predicted octanol–water partition coefficient (Wildman–Crippen LogP) is 3.45. The third kappa shape index (κ3) is 2.91. The molecule has 1 heterocycles. The monoisotopic (exact) mass is 325 g/mol. The minimum atomic E-state index is -0.278. The normalized spacial score (nSPS) is 10.3. The zero-order valence-corrected chi connectivity index (χ0v) is 12.1. The number of hydrogen-bond acceptors (Lipinski definition) is 3. The van der Waals surface area contributed by atoms with Gasteiger partial charge in [0.25, 0.3) is 5.91 Å². The van der Waals surface area contributed by atoms with E-state index in [-0.39, 0.29) is 17.2 Å². The first-order valence-electron chi connectivity index (χ1n) is 5.36. The number of nitrogens with one attached hydrogen (secondary N) is 1. The van der Waals surface area contributed by atoms with Crippen molar-refractivity contribution in [1.29, 1.82) is 0 Å². The van der Waals surface area contributed by atoms with E-state index in [0.717, 1.165) is 10.0 Å². The van der Waals surface area contributed by atoms with Gasteiger partial charge >= 0.3 is 0 Å². The molecule has 2 rings (SSSR count). The van der Waals surface area contributed by atoms with Crippen LogP contribution in [-0.4, -0.2) is 11.0 Å². The van der Waals surface area contributed by atoms with Crippen molar-refractivity contribution in [3.8, 4) is 5.75 Å². The van der Waals surface area contributed by atoms with Gasteiger partial charge in [-0.15, -0.1) is 0 Å². The number of rotatable bonds is 3. The predicted molar refractivity (Wildman–Crippen MR) is 76.0 cm³/mol. The molecule has 0 fully saturated rings. The van der Waals surface area contributed by atoms with E-state index in [0.29, 0.717) is 6.54 Å². The Labute approximate surface area is 118 Å². The Hall–Kier alpha value is -1.33. The molecule has 2 N–H and O–H groups in total. The molecule has 0 spiro atoms. The summed E-state index contributed by atoms with van der Waals surface area (Å²) in [5, 5.41) is 16.5. The summed E-state index contributed by atoms with van der Waals surface area (Å²) in [7, 11) is 0. The smallest absolute Gasteiger partial charge is 0.255 e. The standard InChI is InChI=1S/C13H12BrNO2S/c1-8-6-18-7-9(8)5-15-13(17)11-4-10(14)2-3-12(11)16/h2-4,6-7,16H,5H2,1H3,(H,15,17). The summed E-state index contributed by atoms with van der Waals surface area (Å²) in [4.78, 5) is 11.9. The van der Waals surface area contributed by atoms with Crippen LogP contribution in [0.1, 0.15) is 21.5 Å². The van der Waals surface area contributed by atoms with Gasteiger partial charge in [0.1, 0.15) is 5.75 Å². The number of hydrogen-bond donors (Lipinski definition) is 2. The SMILES string of the molecule is Cc1cscc1CNC(=O)c1cc(Br)ccc1O. The third-order valence-electron chi connectivity index (χ3n) is 2.60. The van der Waals surface area contributed by atoms with Crippen LogP contribution in [0.25, 0.3) is 0 Å². The maximum absolute atomic E-state index is 11.9. The first-order chi connectivity index (χ1) is 8.58. The molecule has 5 heteroatoms. The van der Waals surface area contributed by atoms with Crippen LogP contribution in [-0.2, 0) is 6.54 Å². The van der Waals surface area contributed by atoms with Crippen molar-refractivity contribution < 1.29 is 9.90 Å². The van der Waals surface area contributed by atoms with E-state index in [2.05, 4.69) is 21.2 Å². The van der Waals surface area contributed by atoms with Crippen LogP contribution in [0.15, 0.2) is 33.4 Å². The van der Waals surface area contributed by atoms with E-state index < -0.39 is 0 Å². The van der Waals surface area contributed by atoms with Crippen LogP contribution >= 0.6 is 27.3 Å². The lowest BCUT2D eigenvalue weighted by Gasteiger charge is -2.07. The first-order valence-corrected chi connectivity index (χ1v) is 7.10. The number of halogens is 1. The number of carbonyl (C=O) groups is 1. The summed E-state index contributed by atoms with van der Waals surface area (Å²) in [5.74, 6) is -0.294. The number of carbonyl (C=O) groups excluding carboxylic acids is 1. The van der Waals surface area contributed by atoms with Crippen LogP contribution in [0.5, 0.6) is 5.75 Å². The Bertz CT molecular complexity index is 580. The van der Waals surface area contributed by atoms with Gasteiger partial charge in [0, 0.05) is 11.0 Å². The molecule has 0 saturated heterocycles. The molecule has 0 aliphatic heterocycles. The van der Waals surface area contributed by atoms with Crippen molar-refractivity contribution >= 4 is 33.2 Å². The van der Waals surface area contributed by atoms with Crippen molar-refractivity contribution in [2.24, 2.45) is 0 Å². The molecule has 0 bridgehead atoms. The lowest BCUT2D eigenvalue weighted by atomic mass is 10.1. The molecule has 2 aromatic rings. The quantitative estimate of drug-likeness (QED) is 0.908. The van der Waals surface area contributed by atoms with Crippen molar-refractivity contribution in [3.63, 3.8) is 0 Å². The molecule has 1 aromatic heterocycles. The summed E-state index contributed by atoms with van der Waals surface area (Å²) in [5.41, 5.74) is 2.54. The van der Waals surface area contributed by atoms with Crippen molar-refractivity contribution in [2.75, 3.05) is 0 Å². The Morgan fingerprint density at radius 1 is 1.44 bits per heavy atom. The van der Waals surface area contributed by atoms with E-state index in [1.165, 1.54) is 11.6 Å². The molecule has 0 atom stereocenters. The van der Waals surface area contributed by atoms with Gasteiger partial charge < -0.3 is 10.4 Å². The van der Waals surface area contributed by atoms with E-state index in [1.807, 2.05) is 17.7 Å². The van der Waals surface area contributed by atoms with Crippen LogP contribution < -0.4 is 5.32 Å². The molecule has 1 amide bonds. The molecule has 0 unspecified atom stereocenters. The van der Waals surface area contributed by atoms with Gasteiger partial charge in [-0.3, -0.25) is 4.79 Å². The fourth-order valence-corrected chi connectivity index (χ4v) is 2.75. The lowest BCUT2D eigenvalue weighted by molar-refractivity contribution is 0.0948. The average Bonchev–Trinajstić information content (AvgIpc) is 2.75. The van der Waals surface area contributed by atoms with E-state index >= 15 is 0 Å². The number of thiophene rings is 1. The maximum Gasteiger partial charge on any atom is 0.255 e. The zero-order chi connectivity index (χ0) is 13.1. The molecule has 0 aliphatic carbocycles. The third-order valence-corrected chi connectivity index (χ3v) is 4.01. The summed E-state index contributed by atoms with van der Waals surface area (Å²) in [6.45, 7) is 2.48. The van der Waals surface area contributed by atoms with Gasteiger partial charge in [0.05, 0.1) is 5.56 Å². The number of phenols is 1. The second-order valence-corrected chi connectivity index (χ2v) is 5.58. The van der Waals surface area contributed by atoms with Crippen molar-refractivity contribution in [3.05, 3.63) is 50.1 Å². The van der Waals surface area contributed by atoms with Crippen LogP contribution in [0.2, 0.25) is 0 Å². The number of amides is 1. The number of aryl methyl sites for hydroxylation is 1. The lowest BCUT2D eigenvalue weighted by Crippen LogP contribution is -2.22. The molecule has 3 nitrogen and oxygen atoms in total. The highest BCUT2D eigenvalue weighted by Gasteiger charge is 2.11. The number of phenolic OH excluding ortho intramolecular Hbond substituents is 1. The molecule has 94 valence electrons. The summed E-state index contributed by atoms with van der Waals surface area (Å²) in [6, 6.07) is 4.79. The first kappa shape index (κ1) is 13.1. The highest BCUT2D eigenvalue weighted by molar-refractivity contribution is 9.10. The van der Waals surface area contributed by atoms with Crippen LogP contribution in [0.3, 0.4) is 0 Å². The van der Waals surface area contributed by atoms with E-state index in [9.17, 15) is 9.90 Å². The van der Waals surface area contributed by atoms with Crippen molar-refractivity contribution in [2.45, 2.75) is 13.5 Å². The summed E-state index contributed by atoms with van der Waals surface area (Å²) in [6.07, 6.45) is 0. The molecule has 0 saturated carbocycles. The minimum absolute atomic E-state index is 0.0160.